The van der Waals surface area contributed by atoms with Crippen LogP contribution >= 0.6 is 0 Å². The van der Waals surface area contributed by atoms with Crippen molar-refractivity contribution in [1.82, 2.24) is 44.0 Å². The van der Waals surface area contributed by atoms with Gasteiger partial charge in [-0.1, -0.05) is 24.0 Å². The molecule has 5 heterocycles. The van der Waals surface area contributed by atoms with E-state index < -0.39 is 23.6 Å². The van der Waals surface area contributed by atoms with Gasteiger partial charge in [0.1, 0.15) is 40.5 Å². The fourth-order valence-corrected chi connectivity index (χ4v) is 7.45. The minimum atomic E-state index is -0.678. The van der Waals surface area contributed by atoms with E-state index in [-0.39, 0.29) is 48.6 Å². The van der Waals surface area contributed by atoms with Crippen molar-refractivity contribution in [1.29, 1.82) is 0 Å². The standard InChI is InChI=1S/C43H49N13O6/c1-6-55-32(19-25(3)51-55)40(59)49-42-47-30-21-28(38(44)57)23-34(61-5)36(30)53(42)16-8-9-17-54-37-31(48-43(54)50-41(60)33-20-26(4)52-56(33)7-2)22-29(39(45)58)24-35(37)62-18-10-11-27-12-14-46-15-13-27/h8-9,19-24,27,46H,6-7,12-18H2,1-5H3,(H2,44,57)(H2,45,58)(H,47,49,59)(H,48,50,60)/b9-8+. The molecule has 4 amide bonds. The third kappa shape index (κ3) is 9.00. The summed E-state index contributed by atoms with van der Waals surface area (Å²) in [6.45, 7) is 10.5. The van der Waals surface area contributed by atoms with E-state index in [2.05, 4.69) is 38.0 Å². The van der Waals surface area contributed by atoms with E-state index in [1.54, 1.807) is 56.6 Å². The minimum Gasteiger partial charge on any atom is -0.494 e. The molecule has 0 aliphatic carbocycles. The number of nitrogens with one attached hydrogen (secondary N) is 3. The second-order valence-electron chi connectivity index (χ2n) is 14.7. The zero-order valence-corrected chi connectivity index (χ0v) is 35.2. The first-order valence-corrected chi connectivity index (χ1v) is 20.3. The van der Waals surface area contributed by atoms with Gasteiger partial charge in [-0.3, -0.25) is 39.2 Å². The molecule has 1 aliphatic heterocycles. The number of carbonyl (C=O) groups excluding carboxylic acids is 4. The highest BCUT2D eigenvalue weighted by Crippen LogP contribution is 2.33. The molecule has 0 saturated carbocycles. The van der Waals surface area contributed by atoms with Crippen LogP contribution in [0.4, 0.5) is 11.9 Å². The van der Waals surface area contributed by atoms with Gasteiger partial charge in [-0.25, -0.2) is 9.97 Å². The first-order valence-electron chi connectivity index (χ1n) is 20.3. The molecular formula is C43H49N13O6. The summed E-state index contributed by atoms with van der Waals surface area (Å²) in [6.07, 6.45) is 5.58. The lowest BCUT2D eigenvalue weighted by molar-refractivity contribution is 0.0991. The average Bonchev–Trinajstić information content (AvgIpc) is 4.03. The fraction of sp³-hybridized carbons (Fsp3) is 0.349. The number of fused-ring (bicyclic) bond motifs is 2. The summed E-state index contributed by atoms with van der Waals surface area (Å²) >= 11 is 0. The average molecular weight is 844 g/mol. The molecule has 4 aromatic heterocycles. The number of anilines is 2. The maximum atomic E-state index is 13.8. The Morgan fingerprint density at radius 3 is 1.73 bits per heavy atom. The predicted octanol–water partition coefficient (Wildman–Crippen LogP) is 3.78. The van der Waals surface area contributed by atoms with Gasteiger partial charge in [0.25, 0.3) is 11.8 Å². The van der Waals surface area contributed by atoms with Gasteiger partial charge in [-0.15, -0.1) is 0 Å². The van der Waals surface area contributed by atoms with E-state index in [0.717, 1.165) is 25.9 Å². The first-order chi connectivity index (χ1) is 29.9. The fourth-order valence-electron chi connectivity index (χ4n) is 7.45. The van der Waals surface area contributed by atoms with Crippen molar-refractivity contribution in [2.45, 2.75) is 66.7 Å². The molecule has 0 spiro atoms. The molecule has 0 atom stereocenters. The summed E-state index contributed by atoms with van der Waals surface area (Å²) < 4.78 is 18.6. The Bertz CT molecular complexity index is 2790. The van der Waals surface area contributed by atoms with Gasteiger partial charge in [-0.05, 0) is 90.0 Å². The van der Waals surface area contributed by atoms with Crippen molar-refractivity contribution in [3.63, 3.8) is 0 Å². The number of methoxy groups -OCH3 is 1. The number of amides is 4. The summed E-state index contributed by atoms with van der Waals surface area (Å²) in [4.78, 5) is 61.7. The number of allylic oxidation sites excluding steroid dienone is 2. The van der Waals surface area contributed by atoms with E-state index in [4.69, 9.17) is 30.9 Å². The molecule has 1 fully saturated rings. The molecule has 2 aromatic carbocycles. The molecule has 1 aliphatic rings. The van der Waals surface area contributed by atoms with E-state index in [1.807, 2.05) is 26.0 Å². The Morgan fingerprint density at radius 1 is 0.774 bits per heavy atom. The molecule has 62 heavy (non-hydrogen) atoms. The minimum absolute atomic E-state index is 0.0407. The van der Waals surface area contributed by atoms with Gasteiger partial charge in [0.2, 0.25) is 23.7 Å². The molecule has 7 N–H and O–H groups in total. The van der Waals surface area contributed by atoms with Crippen LogP contribution in [-0.2, 0) is 26.2 Å². The number of nitrogens with zero attached hydrogens (tertiary/aromatic N) is 8. The number of hydrogen-bond donors (Lipinski definition) is 5. The van der Waals surface area contributed by atoms with Crippen molar-refractivity contribution in [3.05, 3.63) is 82.5 Å². The number of primary amides is 2. The lowest BCUT2D eigenvalue weighted by Crippen LogP contribution is -2.27. The molecule has 0 bridgehead atoms. The highest BCUT2D eigenvalue weighted by atomic mass is 16.5. The summed E-state index contributed by atoms with van der Waals surface area (Å²) in [7, 11) is 1.46. The van der Waals surface area contributed by atoms with Crippen molar-refractivity contribution < 1.29 is 28.7 Å². The van der Waals surface area contributed by atoms with Crippen LogP contribution in [0, 0.1) is 31.6 Å². The quantitative estimate of drug-likeness (QED) is 0.0735. The van der Waals surface area contributed by atoms with Gasteiger partial charge < -0.3 is 35.4 Å². The summed E-state index contributed by atoms with van der Waals surface area (Å²) in [5.41, 5.74) is 15.5. The number of imidazole rings is 2. The third-order valence-corrected chi connectivity index (χ3v) is 10.4. The number of ether oxygens (including phenoxy) is 2. The smallest absolute Gasteiger partial charge is 0.276 e. The SMILES string of the molecule is CCn1nc(C)cc1C(=O)Nc1nc2cc(C(N)=O)cc(OC)c2n1C/C=C/Cn1c(NC(=O)c2cc(C)nn2CC)nc2cc(C(N)=O)cc(OCC#CC3CCNCC3)c21. The maximum absolute atomic E-state index is 13.8. The van der Waals surface area contributed by atoms with Crippen LogP contribution in [0.25, 0.3) is 22.1 Å². The highest BCUT2D eigenvalue weighted by Gasteiger charge is 2.24. The van der Waals surface area contributed by atoms with E-state index in [1.165, 1.54) is 19.2 Å². The second kappa shape index (κ2) is 18.4. The van der Waals surface area contributed by atoms with Crippen LogP contribution in [0.2, 0.25) is 0 Å². The van der Waals surface area contributed by atoms with Crippen molar-refractivity contribution >= 4 is 57.6 Å². The Labute approximate surface area is 356 Å². The van der Waals surface area contributed by atoms with E-state index >= 15 is 0 Å². The monoisotopic (exact) mass is 843 g/mol. The van der Waals surface area contributed by atoms with Crippen molar-refractivity contribution in [3.8, 4) is 23.3 Å². The Balaban J connectivity index is 1.27. The number of rotatable bonds is 15. The zero-order chi connectivity index (χ0) is 44.1. The first kappa shape index (κ1) is 42.7. The van der Waals surface area contributed by atoms with Crippen LogP contribution in [0.3, 0.4) is 0 Å². The Kier molecular flexibility index (Phi) is 12.7. The van der Waals surface area contributed by atoms with Crippen molar-refractivity contribution in [2.24, 2.45) is 17.4 Å². The molecular weight excluding hydrogens is 795 g/mol. The predicted molar refractivity (Wildman–Crippen MR) is 232 cm³/mol. The largest absolute Gasteiger partial charge is 0.494 e. The summed E-state index contributed by atoms with van der Waals surface area (Å²) in [6, 6.07) is 9.53. The number of hydrogen-bond acceptors (Lipinski definition) is 11. The lowest BCUT2D eigenvalue weighted by Gasteiger charge is -2.17. The molecule has 19 heteroatoms. The molecule has 322 valence electrons. The second-order valence-corrected chi connectivity index (χ2v) is 14.7. The molecule has 0 radical (unpaired) electrons. The van der Waals surface area contributed by atoms with Crippen LogP contribution in [0.1, 0.15) is 79.8 Å². The summed E-state index contributed by atoms with van der Waals surface area (Å²) in [5.74, 6) is 5.43. The van der Waals surface area contributed by atoms with E-state index in [9.17, 15) is 19.2 Å². The zero-order valence-electron chi connectivity index (χ0n) is 35.2. The molecule has 1 saturated heterocycles. The van der Waals surface area contributed by atoms with Crippen LogP contribution in [0.15, 0.2) is 48.6 Å². The maximum Gasteiger partial charge on any atom is 0.276 e. The van der Waals surface area contributed by atoms with Gasteiger partial charge in [0.05, 0.1) is 29.5 Å². The molecule has 19 nitrogen and oxygen atoms in total. The molecule has 6 aromatic rings. The topological polar surface area (TPSA) is 246 Å². The number of aryl methyl sites for hydroxylation is 4. The third-order valence-electron chi connectivity index (χ3n) is 10.4. The number of carbonyl (C=O) groups is 4. The van der Waals surface area contributed by atoms with E-state index in [0.29, 0.717) is 69.4 Å². The highest BCUT2D eigenvalue weighted by molar-refractivity contribution is 6.05. The van der Waals surface area contributed by atoms with Gasteiger partial charge in [0, 0.05) is 43.2 Å². The van der Waals surface area contributed by atoms with Gasteiger partial charge in [0.15, 0.2) is 0 Å². The normalized spacial score (nSPS) is 13.0. The number of benzene rings is 2. The molecule has 0 unspecified atom stereocenters. The number of piperidine rings is 1. The Morgan fingerprint density at radius 2 is 1.26 bits per heavy atom. The van der Waals surface area contributed by atoms with Crippen molar-refractivity contribution in [2.75, 3.05) is 37.4 Å². The molecule has 7 rings (SSSR count). The van der Waals surface area contributed by atoms with Crippen LogP contribution < -0.4 is 36.9 Å². The number of aromatic nitrogens is 8. The Hall–Kier alpha value is -7.46. The lowest BCUT2D eigenvalue weighted by atomic mass is 9.99. The van der Waals surface area contributed by atoms with Crippen LogP contribution in [-0.4, -0.2) is 89.1 Å². The van der Waals surface area contributed by atoms with Crippen LogP contribution in [0.5, 0.6) is 11.5 Å². The van der Waals surface area contributed by atoms with Gasteiger partial charge in [-0.2, -0.15) is 10.2 Å². The van der Waals surface area contributed by atoms with Gasteiger partial charge >= 0.3 is 0 Å². The number of nitrogens with two attached hydrogens (primary N) is 2. The summed E-state index contributed by atoms with van der Waals surface area (Å²) in [5, 5.41) is 18.0.